The van der Waals surface area contributed by atoms with E-state index in [0.29, 0.717) is 18.7 Å². The quantitative estimate of drug-likeness (QED) is 0.882. The molecule has 0 bridgehead atoms. The van der Waals surface area contributed by atoms with Gasteiger partial charge in [-0.2, -0.15) is 0 Å². The maximum absolute atomic E-state index is 12.5. The van der Waals surface area contributed by atoms with E-state index in [0.717, 1.165) is 5.56 Å². The molecular formula is C17H20N2O3S. The monoisotopic (exact) mass is 332 g/mol. The van der Waals surface area contributed by atoms with Crippen LogP contribution >= 0.6 is 0 Å². The second-order valence-electron chi connectivity index (χ2n) is 5.18. The van der Waals surface area contributed by atoms with E-state index >= 15 is 0 Å². The molecule has 2 aromatic carbocycles. The van der Waals surface area contributed by atoms with Gasteiger partial charge < -0.3 is 4.90 Å². The third-order valence-electron chi connectivity index (χ3n) is 3.33. The van der Waals surface area contributed by atoms with Gasteiger partial charge in [-0.15, -0.1) is 0 Å². The van der Waals surface area contributed by atoms with E-state index in [-0.39, 0.29) is 10.8 Å². The molecule has 5 nitrogen and oxygen atoms in total. The SMILES string of the molecule is CCNS(=O)(=O)c1cccc(C(=O)N(C)Cc2ccccc2)c1. The summed E-state index contributed by atoms with van der Waals surface area (Å²) in [5.41, 5.74) is 1.36. The predicted molar refractivity (Wildman–Crippen MR) is 89.5 cm³/mol. The van der Waals surface area contributed by atoms with Crippen LogP contribution in [-0.2, 0) is 16.6 Å². The summed E-state index contributed by atoms with van der Waals surface area (Å²) >= 11 is 0. The molecule has 2 rings (SSSR count). The van der Waals surface area contributed by atoms with Crippen LogP contribution in [0.15, 0.2) is 59.5 Å². The molecule has 122 valence electrons. The highest BCUT2D eigenvalue weighted by molar-refractivity contribution is 7.89. The number of hydrogen-bond donors (Lipinski definition) is 1. The fourth-order valence-electron chi connectivity index (χ4n) is 2.22. The molecule has 0 aliphatic heterocycles. The molecule has 0 unspecified atom stereocenters. The van der Waals surface area contributed by atoms with Crippen molar-refractivity contribution in [3.63, 3.8) is 0 Å². The third kappa shape index (κ3) is 4.40. The number of rotatable bonds is 6. The molecule has 0 heterocycles. The molecule has 6 heteroatoms. The normalized spacial score (nSPS) is 11.2. The minimum Gasteiger partial charge on any atom is -0.337 e. The van der Waals surface area contributed by atoms with Gasteiger partial charge in [-0.1, -0.05) is 43.3 Å². The summed E-state index contributed by atoms with van der Waals surface area (Å²) < 4.78 is 26.5. The first-order chi connectivity index (χ1) is 10.9. The zero-order valence-corrected chi connectivity index (χ0v) is 14.0. The third-order valence-corrected chi connectivity index (χ3v) is 4.88. The van der Waals surface area contributed by atoms with Crippen molar-refractivity contribution in [2.24, 2.45) is 0 Å². The molecule has 1 amide bonds. The Bertz CT molecular complexity index is 773. The van der Waals surface area contributed by atoms with Crippen LogP contribution in [0.25, 0.3) is 0 Å². The number of nitrogens with one attached hydrogen (secondary N) is 1. The summed E-state index contributed by atoms with van der Waals surface area (Å²) in [4.78, 5) is 14.2. The zero-order chi connectivity index (χ0) is 16.9. The van der Waals surface area contributed by atoms with Gasteiger partial charge in [0.05, 0.1) is 4.90 Å². The lowest BCUT2D eigenvalue weighted by Gasteiger charge is -2.17. The van der Waals surface area contributed by atoms with Crippen LogP contribution in [0.3, 0.4) is 0 Å². The smallest absolute Gasteiger partial charge is 0.253 e. The second-order valence-corrected chi connectivity index (χ2v) is 6.94. The van der Waals surface area contributed by atoms with E-state index in [1.807, 2.05) is 30.3 Å². The fourth-order valence-corrected chi connectivity index (χ4v) is 3.31. The maximum Gasteiger partial charge on any atom is 0.253 e. The molecule has 0 saturated carbocycles. The maximum atomic E-state index is 12.5. The summed E-state index contributed by atoms with van der Waals surface area (Å²) in [5.74, 6) is -0.220. The van der Waals surface area contributed by atoms with Crippen molar-refractivity contribution in [3.8, 4) is 0 Å². The fraction of sp³-hybridized carbons (Fsp3) is 0.235. The van der Waals surface area contributed by atoms with Gasteiger partial charge in [0.25, 0.3) is 5.91 Å². The molecule has 0 aliphatic carbocycles. The Morgan fingerprint density at radius 2 is 1.78 bits per heavy atom. The highest BCUT2D eigenvalue weighted by Crippen LogP contribution is 2.14. The van der Waals surface area contributed by atoms with Crippen molar-refractivity contribution in [3.05, 3.63) is 65.7 Å². The number of benzene rings is 2. The van der Waals surface area contributed by atoms with Crippen LogP contribution < -0.4 is 4.72 Å². The Morgan fingerprint density at radius 1 is 1.09 bits per heavy atom. The summed E-state index contributed by atoms with van der Waals surface area (Å²) in [7, 11) is -1.88. The van der Waals surface area contributed by atoms with Crippen LogP contribution in [0.1, 0.15) is 22.8 Å². The number of sulfonamides is 1. The molecule has 0 spiro atoms. The molecule has 0 aliphatic rings. The van der Waals surface area contributed by atoms with E-state index in [4.69, 9.17) is 0 Å². The lowest BCUT2D eigenvalue weighted by atomic mass is 10.1. The van der Waals surface area contributed by atoms with Crippen LogP contribution in [0.4, 0.5) is 0 Å². The van der Waals surface area contributed by atoms with Crippen molar-refractivity contribution < 1.29 is 13.2 Å². The second kappa shape index (κ2) is 7.39. The Hall–Kier alpha value is -2.18. The molecule has 1 N–H and O–H groups in total. The number of amides is 1. The van der Waals surface area contributed by atoms with E-state index in [1.165, 1.54) is 12.1 Å². The Balaban J connectivity index is 2.19. The predicted octanol–water partition coefficient (Wildman–Crippen LogP) is 2.26. The number of carbonyl (C=O) groups excluding carboxylic acids is 1. The van der Waals surface area contributed by atoms with Crippen molar-refractivity contribution in [1.82, 2.24) is 9.62 Å². The standard InChI is InChI=1S/C17H20N2O3S/c1-3-18-23(21,22)16-11-7-10-15(12-16)17(20)19(2)13-14-8-5-4-6-9-14/h4-12,18H,3,13H2,1-2H3. The van der Waals surface area contributed by atoms with Gasteiger partial charge in [-0.3, -0.25) is 4.79 Å². The van der Waals surface area contributed by atoms with Gasteiger partial charge in [-0.05, 0) is 23.8 Å². The molecule has 0 aromatic heterocycles. The average molecular weight is 332 g/mol. The summed E-state index contributed by atoms with van der Waals surface area (Å²) in [5, 5.41) is 0. The molecular weight excluding hydrogens is 312 g/mol. The minimum atomic E-state index is -3.57. The molecule has 0 radical (unpaired) electrons. The lowest BCUT2D eigenvalue weighted by Crippen LogP contribution is -2.27. The molecule has 0 atom stereocenters. The highest BCUT2D eigenvalue weighted by atomic mass is 32.2. The zero-order valence-electron chi connectivity index (χ0n) is 13.2. The summed E-state index contributed by atoms with van der Waals surface area (Å²) in [6.45, 7) is 2.47. The van der Waals surface area contributed by atoms with Gasteiger partial charge >= 0.3 is 0 Å². The first-order valence-corrected chi connectivity index (χ1v) is 8.81. The van der Waals surface area contributed by atoms with E-state index in [1.54, 1.807) is 31.0 Å². The minimum absolute atomic E-state index is 0.0957. The Kier molecular flexibility index (Phi) is 5.52. The largest absolute Gasteiger partial charge is 0.337 e. The first kappa shape index (κ1) is 17.2. The van der Waals surface area contributed by atoms with Crippen LogP contribution in [0, 0.1) is 0 Å². The molecule has 23 heavy (non-hydrogen) atoms. The van der Waals surface area contributed by atoms with Crippen molar-refractivity contribution in [2.45, 2.75) is 18.4 Å². The van der Waals surface area contributed by atoms with Gasteiger partial charge in [0.2, 0.25) is 10.0 Å². The average Bonchev–Trinajstić information content (AvgIpc) is 2.55. The topological polar surface area (TPSA) is 66.5 Å². The number of hydrogen-bond acceptors (Lipinski definition) is 3. The van der Waals surface area contributed by atoms with Crippen molar-refractivity contribution in [2.75, 3.05) is 13.6 Å². The number of carbonyl (C=O) groups is 1. The summed E-state index contributed by atoms with van der Waals surface area (Å²) in [6.07, 6.45) is 0. The van der Waals surface area contributed by atoms with Crippen molar-refractivity contribution >= 4 is 15.9 Å². The van der Waals surface area contributed by atoms with Crippen LogP contribution in [0.2, 0.25) is 0 Å². The van der Waals surface area contributed by atoms with E-state index < -0.39 is 10.0 Å². The van der Waals surface area contributed by atoms with Gasteiger partial charge in [-0.25, -0.2) is 13.1 Å². The Labute approximate surface area is 137 Å². The van der Waals surface area contributed by atoms with E-state index in [2.05, 4.69) is 4.72 Å². The Morgan fingerprint density at radius 3 is 2.43 bits per heavy atom. The van der Waals surface area contributed by atoms with Gasteiger partial charge in [0, 0.05) is 25.7 Å². The van der Waals surface area contributed by atoms with Gasteiger partial charge in [0.1, 0.15) is 0 Å². The summed E-state index contributed by atoms with van der Waals surface area (Å²) in [6, 6.07) is 15.7. The molecule has 2 aromatic rings. The van der Waals surface area contributed by atoms with Crippen LogP contribution in [-0.4, -0.2) is 32.8 Å². The molecule has 0 fully saturated rings. The van der Waals surface area contributed by atoms with E-state index in [9.17, 15) is 13.2 Å². The molecule has 0 saturated heterocycles. The number of nitrogens with zero attached hydrogens (tertiary/aromatic N) is 1. The van der Waals surface area contributed by atoms with Gasteiger partial charge in [0.15, 0.2) is 0 Å². The first-order valence-electron chi connectivity index (χ1n) is 7.33. The van der Waals surface area contributed by atoms with Crippen molar-refractivity contribution in [1.29, 1.82) is 0 Å². The van der Waals surface area contributed by atoms with Crippen LogP contribution in [0.5, 0.6) is 0 Å². The highest BCUT2D eigenvalue weighted by Gasteiger charge is 2.17. The lowest BCUT2D eigenvalue weighted by molar-refractivity contribution is 0.0785.